The third kappa shape index (κ3) is 6.10. The van der Waals surface area contributed by atoms with E-state index in [1.807, 2.05) is 18.2 Å². The van der Waals surface area contributed by atoms with E-state index in [1.165, 1.54) is 38.5 Å². The molecule has 1 unspecified atom stereocenters. The second-order valence-corrected chi connectivity index (χ2v) is 6.16. The van der Waals surface area contributed by atoms with Crippen LogP contribution in [0, 0.1) is 0 Å². The van der Waals surface area contributed by atoms with Gasteiger partial charge >= 0.3 is 0 Å². The molecule has 102 valence electrons. The topological polar surface area (TPSA) is 12.0 Å². The number of unbranched alkanes of at least 4 members (excludes halogenated alkanes) is 4. The fourth-order valence-electron chi connectivity index (χ4n) is 2.00. The van der Waals surface area contributed by atoms with E-state index in [4.69, 9.17) is 11.6 Å². The summed E-state index contributed by atoms with van der Waals surface area (Å²) in [4.78, 5) is 0. The maximum Gasteiger partial charge on any atom is 0.0487 e. The SMILES string of the molecule is CCCCCCCC(C)Nc1ccc(Cl)cc1Br. The molecule has 0 spiro atoms. The van der Waals surface area contributed by atoms with Crippen molar-refractivity contribution in [2.45, 2.75) is 58.4 Å². The summed E-state index contributed by atoms with van der Waals surface area (Å²) in [7, 11) is 0. The monoisotopic (exact) mass is 331 g/mol. The first-order valence-electron chi connectivity index (χ1n) is 6.85. The fraction of sp³-hybridized carbons (Fsp3) is 0.600. The van der Waals surface area contributed by atoms with Crippen LogP contribution in [0.25, 0.3) is 0 Å². The molecule has 0 heterocycles. The Morgan fingerprint density at radius 3 is 2.61 bits per heavy atom. The van der Waals surface area contributed by atoms with Crippen LogP contribution in [0.2, 0.25) is 5.02 Å². The van der Waals surface area contributed by atoms with Crippen molar-refractivity contribution in [3.8, 4) is 0 Å². The van der Waals surface area contributed by atoms with Crippen LogP contribution in [0.15, 0.2) is 22.7 Å². The van der Waals surface area contributed by atoms with Gasteiger partial charge in [0.2, 0.25) is 0 Å². The summed E-state index contributed by atoms with van der Waals surface area (Å²) in [5.41, 5.74) is 1.13. The van der Waals surface area contributed by atoms with Gasteiger partial charge < -0.3 is 5.32 Å². The van der Waals surface area contributed by atoms with Gasteiger partial charge in [-0.1, -0.05) is 50.6 Å². The van der Waals surface area contributed by atoms with Gasteiger partial charge in [0.25, 0.3) is 0 Å². The highest BCUT2D eigenvalue weighted by Crippen LogP contribution is 2.26. The van der Waals surface area contributed by atoms with Crippen LogP contribution in [-0.2, 0) is 0 Å². The van der Waals surface area contributed by atoms with Crippen LogP contribution in [-0.4, -0.2) is 6.04 Å². The van der Waals surface area contributed by atoms with E-state index in [2.05, 4.69) is 35.1 Å². The van der Waals surface area contributed by atoms with E-state index >= 15 is 0 Å². The molecule has 18 heavy (non-hydrogen) atoms. The van der Waals surface area contributed by atoms with Crippen molar-refractivity contribution in [1.82, 2.24) is 0 Å². The Balaban J connectivity index is 2.28. The summed E-state index contributed by atoms with van der Waals surface area (Å²) in [6, 6.07) is 6.38. The highest BCUT2D eigenvalue weighted by molar-refractivity contribution is 9.10. The van der Waals surface area contributed by atoms with Crippen LogP contribution in [0.3, 0.4) is 0 Å². The molecule has 0 amide bonds. The normalized spacial score (nSPS) is 12.4. The van der Waals surface area contributed by atoms with Gasteiger partial charge in [0, 0.05) is 21.2 Å². The van der Waals surface area contributed by atoms with Gasteiger partial charge in [0.15, 0.2) is 0 Å². The largest absolute Gasteiger partial charge is 0.382 e. The molecule has 1 aromatic carbocycles. The zero-order chi connectivity index (χ0) is 13.4. The zero-order valence-electron chi connectivity index (χ0n) is 11.3. The summed E-state index contributed by atoms with van der Waals surface area (Å²) in [6.07, 6.45) is 7.92. The molecule has 0 aromatic heterocycles. The minimum atomic E-state index is 0.504. The Hall–Kier alpha value is -0.210. The highest BCUT2D eigenvalue weighted by Gasteiger charge is 2.05. The third-order valence-corrected chi connectivity index (χ3v) is 3.96. The van der Waals surface area contributed by atoms with E-state index in [0.29, 0.717) is 6.04 Å². The molecule has 0 bridgehead atoms. The molecule has 0 radical (unpaired) electrons. The van der Waals surface area contributed by atoms with Crippen LogP contribution >= 0.6 is 27.5 Å². The Labute approximate surface area is 124 Å². The molecule has 1 atom stereocenters. The van der Waals surface area contributed by atoms with Crippen molar-refractivity contribution in [1.29, 1.82) is 0 Å². The van der Waals surface area contributed by atoms with Crippen LogP contribution in [0.5, 0.6) is 0 Å². The average molecular weight is 333 g/mol. The zero-order valence-corrected chi connectivity index (χ0v) is 13.6. The molecule has 3 heteroatoms. The number of hydrogen-bond acceptors (Lipinski definition) is 1. The number of rotatable bonds is 8. The predicted molar refractivity (Wildman–Crippen MR) is 85.6 cm³/mol. The second-order valence-electron chi connectivity index (χ2n) is 4.87. The summed E-state index contributed by atoms with van der Waals surface area (Å²) < 4.78 is 1.04. The number of anilines is 1. The van der Waals surface area contributed by atoms with Gasteiger partial charge in [-0.2, -0.15) is 0 Å². The molecule has 0 aliphatic rings. The number of benzene rings is 1. The van der Waals surface area contributed by atoms with Gasteiger partial charge in [-0.25, -0.2) is 0 Å². The first-order chi connectivity index (χ1) is 8.63. The number of nitrogens with one attached hydrogen (secondary N) is 1. The van der Waals surface area contributed by atoms with Gasteiger partial charge in [-0.3, -0.25) is 0 Å². The minimum absolute atomic E-state index is 0.504. The average Bonchev–Trinajstić information content (AvgIpc) is 2.32. The van der Waals surface area contributed by atoms with Crippen molar-refractivity contribution in [2.24, 2.45) is 0 Å². The molecule has 0 saturated carbocycles. The van der Waals surface area contributed by atoms with Crippen molar-refractivity contribution in [3.05, 3.63) is 27.7 Å². The van der Waals surface area contributed by atoms with Crippen LogP contribution < -0.4 is 5.32 Å². The van der Waals surface area contributed by atoms with Crippen molar-refractivity contribution in [3.63, 3.8) is 0 Å². The summed E-state index contributed by atoms with van der Waals surface area (Å²) in [5, 5.41) is 4.29. The minimum Gasteiger partial charge on any atom is -0.382 e. The lowest BCUT2D eigenvalue weighted by atomic mass is 10.1. The maximum absolute atomic E-state index is 5.93. The maximum atomic E-state index is 5.93. The van der Waals surface area contributed by atoms with Crippen LogP contribution in [0.4, 0.5) is 5.69 Å². The number of halogens is 2. The smallest absolute Gasteiger partial charge is 0.0487 e. The standard InChI is InChI=1S/C15H23BrClN/c1-3-4-5-6-7-8-12(2)18-15-10-9-13(17)11-14(15)16/h9-12,18H,3-8H2,1-2H3. The first kappa shape index (κ1) is 15.8. The van der Waals surface area contributed by atoms with Crippen molar-refractivity contribution >= 4 is 33.2 Å². The Morgan fingerprint density at radius 1 is 1.22 bits per heavy atom. The molecular formula is C15H23BrClN. The molecule has 1 rings (SSSR count). The molecule has 0 fully saturated rings. The number of hydrogen-bond donors (Lipinski definition) is 1. The Kier molecular flexibility index (Phi) is 7.76. The molecule has 0 saturated heterocycles. The van der Waals surface area contributed by atoms with E-state index < -0.39 is 0 Å². The molecule has 1 N–H and O–H groups in total. The summed E-state index contributed by atoms with van der Waals surface area (Å²) in [5.74, 6) is 0. The first-order valence-corrected chi connectivity index (χ1v) is 8.02. The Bertz CT molecular complexity index is 354. The van der Waals surface area contributed by atoms with E-state index in [1.54, 1.807) is 0 Å². The lowest BCUT2D eigenvalue weighted by Gasteiger charge is -2.16. The van der Waals surface area contributed by atoms with E-state index in [9.17, 15) is 0 Å². The Morgan fingerprint density at radius 2 is 1.94 bits per heavy atom. The third-order valence-electron chi connectivity index (χ3n) is 3.07. The van der Waals surface area contributed by atoms with E-state index in [0.717, 1.165) is 15.2 Å². The second kappa shape index (κ2) is 8.82. The molecule has 1 aromatic rings. The van der Waals surface area contributed by atoms with Gasteiger partial charge in [0.05, 0.1) is 0 Å². The van der Waals surface area contributed by atoms with E-state index in [-0.39, 0.29) is 0 Å². The predicted octanol–water partition coefficient (Wildman–Crippen LogP) is 6.26. The molecular weight excluding hydrogens is 310 g/mol. The quantitative estimate of drug-likeness (QED) is 0.554. The summed E-state index contributed by atoms with van der Waals surface area (Å²) in [6.45, 7) is 4.49. The van der Waals surface area contributed by atoms with Gasteiger partial charge in [-0.05, 0) is 47.5 Å². The lowest BCUT2D eigenvalue weighted by Crippen LogP contribution is -2.15. The highest BCUT2D eigenvalue weighted by atomic mass is 79.9. The van der Waals surface area contributed by atoms with Gasteiger partial charge in [-0.15, -0.1) is 0 Å². The van der Waals surface area contributed by atoms with Crippen molar-refractivity contribution in [2.75, 3.05) is 5.32 Å². The molecule has 1 nitrogen and oxygen atoms in total. The molecule has 0 aliphatic heterocycles. The summed E-state index contributed by atoms with van der Waals surface area (Å²) >= 11 is 9.46. The van der Waals surface area contributed by atoms with Gasteiger partial charge in [0.1, 0.15) is 0 Å². The fourth-order valence-corrected chi connectivity index (χ4v) is 2.80. The van der Waals surface area contributed by atoms with Crippen molar-refractivity contribution < 1.29 is 0 Å². The molecule has 0 aliphatic carbocycles. The van der Waals surface area contributed by atoms with Crippen LogP contribution in [0.1, 0.15) is 52.4 Å². The lowest BCUT2D eigenvalue weighted by molar-refractivity contribution is 0.578.